The Morgan fingerprint density at radius 3 is 1.58 bits per heavy atom. The van der Waals surface area contributed by atoms with Gasteiger partial charge < -0.3 is 15.9 Å². The van der Waals surface area contributed by atoms with Gasteiger partial charge in [-0.1, -0.05) is 5.92 Å². The molecule has 3 nitrogen and oxygen atoms in total. The summed E-state index contributed by atoms with van der Waals surface area (Å²) < 4.78 is 0. The van der Waals surface area contributed by atoms with Crippen LogP contribution in [0.1, 0.15) is 0 Å². The molecule has 0 bridgehead atoms. The van der Waals surface area contributed by atoms with E-state index in [0.717, 1.165) is 0 Å². The van der Waals surface area contributed by atoms with E-state index in [1.165, 1.54) is 24.3 Å². The average molecular weight is 165 g/mol. The van der Waals surface area contributed by atoms with Gasteiger partial charge in [0.25, 0.3) is 0 Å². The van der Waals surface area contributed by atoms with Gasteiger partial charge in [-0.25, -0.2) is 0 Å². The summed E-state index contributed by atoms with van der Waals surface area (Å²) in [5.41, 5.74) is 4.79. The molecule has 0 spiro atoms. The van der Waals surface area contributed by atoms with Crippen molar-refractivity contribution < 1.29 is 10.2 Å². The molecule has 0 heterocycles. The molecule has 1 aromatic carbocycles. The van der Waals surface area contributed by atoms with Crippen LogP contribution in [0.15, 0.2) is 24.3 Å². The van der Waals surface area contributed by atoms with E-state index in [9.17, 15) is 0 Å². The van der Waals surface area contributed by atoms with Crippen LogP contribution in [-0.2, 0) is 0 Å². The van der Waals surface area contributed by atoms with Gasteiger partial charge in [-0.15, -0.1) is 6.42 Å². The zero-order valence-electron chi connectivity index (χ0n) is 6.57. The molecule has 0 aromatic heterocycles. The molecule has 0 saturated carbocycles. The number of aromatic hydroxyl groups is 2. The van der Waals surface area contributed by atoms with E-state index in [0.29, 0.717) is 6.54 Å². The van der Waals surface area contributed by atoms with Crippen molar-refractivity contribution in [3.05, 3.63) is 24.3 Å². The highest BCUT2D eigenvalue weighted by Gasteiger charge is 1.84. The minimum Gasteiger partial charge on any atom is -0.508 e. The third kappa shape index (κ3) is 5.15. The Balaban J connectivity index is 0.000000261. The first-order valence-corrected chi connectivity index (χ1v) is 3.32. The van der Waals surface area contributed by atoms with Crippen molar-refractivity contribution in [2.45, 2.75) is 0 Å². The Morgan fingerprint density at radius 1 is 1.17 bits per heavy atom. The van der Waals surface area contributed by atoms with Gasteiger partial charge >= 0.3 is 0 Å². The lowest BCUT2D eigenvalue weighted by Crippen LogP contribution is -1.91. The Bertz CT molecular complexity index is 227. The van der Waals surface area contributed by atoms with Gasteiger partial charge in [0.15, 0.2) is 0 Å². The van der Waals surface area contributed by atoms with E-state index in [4.69, 9.17) is 15.9 Å². The predicted octanol–water partition coefficient (Wildman–Crippen LogP) is 0.676. The zero-order chi connectivity index (χ0) is 9.40. The minimum absolute atomic E-state index is 0.169. The van der Waals surface area contributed by atoms with Gasteiger partial charge in [-0.3, -0.25) is 0 Å². The second-order valence-electron chi connectivity index (χ2n) is 1.92. The summed E-state index contributed by atoms with van der Waals surface area (Å²) in [6, 6.07) is 5.70. The summed E-state index contributed by atoms with van der Waals surface area (Å²) in [5, 5.41) is 17.3. The summed E-state index contributed by atoms with van der Waals surface area (Å²) in [7, 11) is 0. The van der Waals surface area contributed by atoms with Gasteiger partial charge in [0.1, 0.15) is 11.5 Å². The Kier molecular flexibility index (Phi) is 5.24. The monoisotopic (exact) mass is 165 g/mol. The number of rotatable bonds is 0. The maximum Gasteiger partial charge on any atom is 0.115 e. The fraction of sp³-hybridized carbons (Fsp3) is 0.111. The number of hydrogen-bond donors (Lipinski definition) is 3. The summed E-state index contributed by atoms with van der Waals surface area (Å²) in [5.74, 6) is 2.55. The fourth-order valence-corrected chi connectivity index (χ4v) is 0.453. The first kappa shape index (κ1) is 10.3. The Morgan fingerprint density at radius 2 is 1.42 bits per heavy atom. The topological polar surface area (TPSA) is 66.5 Å². The van der Waals surface area contributed by atoms with Gasteiger partial charge in [0, 0.05) is 0 Å². The molecule has 0 atom stereocenters. The van der Waals surface area contributed by atoms with E-state index < -0.39 is 0 Å². The molecule has 0 saturated heterocycles. The average Bonchev–Trinajstić information content (AvgIpc) is 2.11. The number of phenolic OH excluding ortho intramolecular Hbond substituents is 2. The molecule has 0 amide bonds. The van der Waals surface area contributed by atoms with Gasteiger partial charge in [-0.2, -0.15) is 0 Å². The second kappa shape index (κ2) is 6.08. The number of hydrogen-bond acceptors (Lipinski definition) is 3. The lowest BCUT2D eigenvalue weighted by molar-refractivity contribution is 0.460. The molecule has 0 aliphatic heterocycles. The van der Waals surface area contributed by atoms with Crippen LogP contribution in [-0.4, -0.2) is 16.8 Å². The van der Waals surface area contributed by atoms with Crippen molar-refractivity contribution in [2.75, 3.05) is 6.54 Å². The van der Waals surface area contributed by atoms with Crippen LogP contribution in [0.2, 0.25) is 0 Å². The quantitative estimate of drug-likeness (QED) is 0.391. The molecular weight excluding hydrogens is 154 g/mol. The third-order valence-electron chi connectivity index (χ3n) is 0.968. The van der Waals surface area contributed by atoms with Crippen LogP contribution in [0.4, 0.5) is 0 Å². The molecule has 12 heavy (non-hydrogen) atoms. The number of benzene rings is 1. The van der Waals surface area contributed by atoms with E-state index >= 15 is 0 Å². The van der Waals surface area contributed by atoms with E-state index in [1.807, 2.05) is 0 Å². The molecule has 3 heteroatoms. The molecule has 0 radical (unpaired) electrons. The highest BCUT2D eigenvalue weighted by Crippen LogP contribution is 2.13. The number of terminal acetylenes is 1. The van der Waals surface area contributed by atoms with Crippen molar-refractivity contribution >= 4 is 0 Å². The van der Waals surface area contributed by atoms with Crippen LogP contribution < -0.4 is 5.73 Å². The normalized spacial score (nSPS) is 7.67. The van der Waals surface area contributed by atoms with Crippen LogP contribution in [0.5, 0.6) is 11.5 Å². The first-order chi connectivity index (χ1) is 5.70. The molecule has 64 valence electrons. The minimum atomic E-state index is 0.169. The van der Waals surface area contributed by atoms with Crippen LogP contribution in [0.3, 0.4) is 0 Å². The van der Waals surface area contributed by atoms with Crippen LogP contribution >= 0.6 is 0 Å². The van der Waals surface area contributed by atoms with Crippen molar-refractivity contribution in [1.82, 2.24) is 0 Å². The molecule has 0 unspecified atom stereocenters. The van der Waals surface area contributed by atoms with Crippen molar-refractivity contribution in [1.29, 1.82) is 0 Å². The highest BCUT2D eigenvalue weighted by molar-refractivity contribution is 5.28. The molecular formula is C9H11NO2. The van der Waals surface area contributed by atoms with Crippen molar-refractivity contribution in [3.63, 3.8) is 0 Å². The van der Waals surface area contributed by atoms with Crippen molar-refractivity contribution in [2.24, 2.45) is 5.73 Å². The first-order valence-electron chi connectivity index (χ1n) is 3.32. The lowest BCUT2D eigenvalue weighted by Gasteiger charge is -1.88. The molecule has 4 N–H and O–H groups in total. The van der Waals surface area contributed by atoms with E-state index in [-0.39, 0.29) is 11.5 Å². The molecule has 0 fully saturated rings. The lowest BCUT2D eigenvalue weighted by atomic mass is 10.3. The summed E-state index contributed by atoms with van der Waals surface area (Å²) in [4.78, 5) is 0. The number of phenols is 2. The van der Waals surface area contributed by atoms with Gasteiger partial charge in [0.2, 0.25) is 0 Å². The van der Waals surface area contributed by atoms with Crippen molar-refractivity contribution in [3.8, 4) is 23.8 Å². The van der Waals surface area contributed by atoms with Gasteiger partial charge in [-0.05, 0) is 24.3 Å². The maximum absolute atomic E-state index is 8.65. The molecule has 0 aliphatic rings. The standard InChI is InChI=1S/C6H6O2.C3H5N/c7-5-1-2-6(8)4-3-5;1-2-3-4/h1-4,7-8H;1H,3-4H2. The van der Waals surface area contributed by atoms with Crippen LogP contribution in [0.25, 0.3) is 0 Å². The number of nitrogens with two attached hydrogens (primary N) is 1. The summed E-state index contributed by atoms with van der Waals surface area (Å²) in [6.07, 6.45) is 4.65. The summed E-state index contributed by atoms with van der Waals surface area (Å²) >= 11 is 0. The molecule has 1 rings (SSSR count). The molecule has 0 aliphatic carbocycles. The van der Waals surface area contributed by atoms with Gasteiger partial charge in [0.05, 0.1) is 6.54 Å². The van der Waals surface area contributed by atoms with E-state index in [1.54, 1.807) is 0 Å². The predicted molar refractivity (Wildman–Crippen MR) is 47.7 cm³/mol. The molecule has 1 aromatic rings. The largest absolute Gasteiger partial charge is 0.508 e. The maximum atomic E-state index is 8.65. The van der Waals surface area contributed by atoms with E-state index in [2.05, 4.69) is 12.3 Å². The third-order valence-corrected chi connectivity index (χ3v) is 0.968. The Labute approximate surface area is 71.5 Å². The Hall–Kier alpha value is -1.66. The highest BCUT2D eigenvalue weighted by atomic mass is 16.3. The summed E-state index contributed by atoms with van der Waals surface area (Å²) in [6.45, 7) is 0.347. The zero-order valence-corrected chi connectivity index (χ0v) is 6.57. The smallest absolute Gasteiger partial charge is 0.115 e. The SMILES string of the molecule is C#CCN.Oc1ccc(O)cc1. The van der Waals surface area contributed by atoms with Crippen LogP contribution in [0, 0.1) is 12.3 Å². The fourth-order valence-electron chi connectivity index (χ4n) is 0.453. The second-order valence-corrected chi connectivity index (χ2v) is 1.92.